The standard InChI is InChI=1S/C9H8F3NO4/c1-3-5-17-7(16)13-8(4-2,6(14)15)9(10,11)12/h2-3H,1,5H2,(H,13,16)(H,14,15). The molecule has 0 bridgehead atoms. The third-order valence-electron chi connectivity index (χ3n) is 1.58. The number of ether oxygens (including phenoxy) is 1. The number of carbonyl (C=O) groups is 2. The molecule has 94 valence electrons. The Balaban J connectivity index is 5.11. The molecule has 0 aliphatic heterocycles. The highest BCUT2D eigenvalue weighted by molar-refractivity contribution is 5.89. The molecule has 0 aliphatic carbocycles. The van der Waals surface area contributed by atoms with Crippen molar-refractivity contribution in [1.29, 1.82) is 0 Å². The summed E-state index contributed by atoms with van der Waals surface area (Å²) in [6.45, 7) is 2.76. The number of carboxylic acids is 1. The average molecular weight is 251 g/mol. The molecule has 0 aromatic heterocycles. The molecule has 0 aromatic carbocycles. The average Bonchev–Trinajstić information content (AvgIpc) is 2.20. The monoisotopic (exact) mass is 251 g/mol. The fourth-order valence-corrected chi connectivity index (χ4v) is 0.749. The van der Waals surface area contributed by atoms with Crippen molar-refractivity contribution in [2.75, 3.05) is 6.61 Å². The molecular weight excluding hydrogens is 243 g/mol. The topological polar surface area (TPSA) is 75.6 Å². The molecule has 0 aromatic rings. The lowest BCUT2D eigenvalue weighted by molar-refractivity contribution is -0.194. The van der Waals surface area contributed by atoms with E-state index in [0.29, 0.717) is 0 Å². The summed E-state index contributed by atoms with van der Waals surface area (Å²) in [6.07, 6.45) is -1.35. The van der Waals surface area contributed by atoms with Crippen LogP contribution >= 0.6 is 0 Å². The van der Waals surface area contributed by atoms with Crippen molar-refractivity contribution in [2.45, 2.75) is 11.7 Å². The molecule has 0 fully saturated rings. The van der Waals surface area contributed by atoms with Gasteiger partial charge in [-0.25, -0.2) is 9.59 Å². The highest BCUT2D eigenvalue weighted by Crippen LogP contribution is 2.30. The number of terminal acetylenes is 1. The van der Waals surface area contributed by atoms with Gasteiger partial charge in [-0.1, -0.05) is 18.6 Å². The van der Waals surface area contributed by atoms with Crippen LogP contribution in [0.5, 0.6) is 0 Å². The van der Waals surface area contributed by atoms with Crippen LogP contribution in [0.1, 0.15) is 0 Å². The summed E-state index contributed by atoms with van der Waals surface area (Å²) in [5.41, 5.74) is -3.81. The first-order valence-electron chi connectivity index (χ1n) is 4.05. The van der Waals surface area contributed by atoms with Crippen LogP contribution in [0.4, 0.5) is 18.0 Å². The molecule has 1 atom stereocenters. The number of nitrogens with one attached hydrogen (secondary N) is 1. The number of alkyl halides is 3. The van der Waals surface area contributed by atoms with E-state index in [4.69, 9.17) is 5.11 Å². The van der Waals surface area contributed by atoms with Gasteiger partial charge < -0.3 is 9.84 Å². The van der Waals surface area contributed by atoms with Crippen LogP contribution in [-0.4, -0.2) is 35.5 Å². The zero-order chi connectivity index (χ0) is 13.7. The number of alkyl carbamates (subject to hydrolysis) is 1. The van der Waals surface area contributed by atoms with Gasteiger partial charge in [-0.3, -0.25) is 5.32 Å². The molecule has 8 heteroatoms. The summed E-state index contributed by atoms with van der Waals surface area (Å²) in [4.78, 5) is 21.4. The second kappa shape index (κ2) is 5.25. The lowest BCUT2D eigenvalue weighted by atomic mass is 10.0. The molecule has 0 saturated carbocycles. The maximum absolute atomic E-state index is 12.5. The minimum absolute atomic E-state index is 0.385. The van der Waals surface area contributed by atoms with E-state index in [1.54, 1.807) is 0 Å². The Morgan fingerprint density at radius 3 is 2.35 bits per heavy atom. The summed E-state index contributed by atoms with van der Waals surface area (Å²) in [5, 5.41) is 9.57. The van der Waals surface area contributed by atoms with Crippen LogP contribution in [-0.2, 0) is 9.53 Å². The van der Waals surface area contributed by atoms with Crippen LogP contribution in [0.3, 0.4) is 0 Å². The van der Waals surface area contributed by atoms with Crippen LogP contribution in [0.15, 0.2) is 12.7 Å². The predicted octanol–water partition coefficient (Wildman–Crippen LogP) is 0.918. The Morgan fingerprint density at radius 2 is 2.06 bits per heavy atom. The minimum Gasteiger partial charge on any atom is -0.478 e. The first-order chi connectivity index (χ1) is 7.71. The number of halogens is 3. The van der Waals surface area contributed by atoms with E-state index in [1.807, 2.05) is 0 Å². The van der Waals surface area contributed by atoms with E-state index >= 15 is 0 Å². The summed E-state index contributed by atoms with van der Waals surface area (Å²) in [5.74, 6) is -1.43. The van der Waals surface area contributed by atoms with Gasteiger partial charge >= 0.3 is 18.2 Å². The Bertz CT molecular complexity index is 371. The zero-order valence-corrected chi connectivity index (χ0v) is 8.37. The van der Waals surface area contributed by atoms with Gasteiger partial charge in [0.1, 0.15) is 6.61 Å². The molecule has 0 aliphatic rings. The normalized spacial score (nSPS) is 14.0. The van der Waals surface area contributed by atoms with E-state index in [-0.39, 0.29) is 6.61 Å². The number of rotatable bonds is 4. The number of carbonyl (C=O) groups excluding carboxylic acids is 1. The highest BCUT2D eigenvalue weighted by Gasteiger charge is 2.62. The van der Waals surface area contributed by atoms with Crippen LogP contribution in [0.2, 0.25) is 0 Å². The quantitative estimate of drug-likeness (QED) is 0.575. The Kier molecular flexibility index (Phi) is 4.58. The van der Waals surface area contributed by atoms with Crippen molar-refractivity contribution in [2.24, 2.45) is 0 Å². The molecule has 0 spiro atoms. The van der Waals surface area contributed by atoms with Gasteiger partial charge in [0.2, 0.25) is 0 Å². The number of carboxylic acid groups (broad SMARTS) is 1. The first kappa shape index (κ1) is 14.8. The maximum Gasteiger partial charge on any atom is 0.434 e. The third kappa shape index (κ3) is 3.14. The van der Waals surface area contributed by atoms with Crippen molar-refractivity contribution < 1.29 is 32.6 Å². The van der Waals surface area contributed by atoms with Gasteiger partial charge in [0.15, 0.2) is 0 Å². The Hall–Kier alpha value is -2.17. The molecule has 5 nitrogen and oxygen atoms in total. The lowest BCUT2D eigenvalue weighted by Gasteiger charge is -2.26. The second-order valence-corrected chi connectivity index (χ2v) is 2.71. The fourth-order valence-electron chi connectivity index (χ4n) is 0.749. The first-order valence-corrected chi connectivity index (χ1v) is 4.05. The fraction of sp³-hybridized carbons (Fsp3) is 0.333. The number of hydrogen-bond donors (Lipinski definition) is 2. The van der Waals surface area contributed by atoms with Gasteiger partial charge in [-0.15, -0.1) is 6.42 Å². The number of amides is 1. The Labute approximate surface area is 94.2 Å². The van der Waals surface area contributed by atoms with Crippen LogP contribution in [0.25, 0.3) is 0 Å². The molecular formula is C9H8F3NO4. The van der Waals surface area contributed by atoms with E-state index in [9.17, 15) is 22.8 Å². The van der Waals surface area contributed by atoms with Gasteiger partial charge in [0, 0.05) is 0 Å². The Morgan fingerprint density at radius 1 is 1.53 bits per heavy atom. The van der Waals surface area contributed by atoms with Gasteiger partial charge in [-0.05, 0) is 0 Å². The van der Waals surface area contributed by atoms with Gasteiger partial charge in [0.25, 0.3) is 5.54 Å². The van der Waals surface area contributed by atoms with Crippen LogP contribution < -0.4 is 5.32 Å². The lowest BCUT2D eigenvalue weighted by Crippen LogP contribution is -2.63. The highest BCUT2D eigenvalue weighted by atomic mass is 19.4. The number of aliphatic carboxylic acids is 1. The largest absolute Gasteiger partial charge is 0.478 e. The zero-order valence-electron chi connectivity index (χ0n) is 8.37. The van der Waals surface area contributed by atoms with E-state index in [2.05, 4.69) is 17.7 Å². The van der Waals surface area contributed by atoms with Gasteiger partial charge in [-0.2, -0.15) is 13.2 Å². The molecule has 0 saturated heterocycles. The van der Waals surface area contributed by atoms with Crippen molar-refractivity contribution >= 4 is 12.1 Å². The predicted molar refractivity (Wildman–Crippen MR) is 49.9 cm³/mol. The van der Waals surface area contributed by atoms with E-state index < -0.39 is 23.8 Å². The molecule has 1 amide bonds. The molecule has 1 unspecified atom stereocenters. The van der Waals surface area contributed by atoms with E-state index in [1.165, 1.54) is 0 Å². The SMILES string of the molecule is C#CC(NC(=O)OCC=C)(C(=O)O)C(F)(F)F. The molecule has 2 N–H and O–H groups in total. The summed E-state index contributed by atoms with van der Waals surface area (Å²) >= 11 is 0. The van der Waals surface area contributed by atoms with Gasteiger partial charge in [0.05, 0.1) is 0 Å². The van der Waals surface area contributed by atoms with Crippen molar-refractivity contribution in [3.05, 3.63) is 12.7 Å². The van der Waals surface area contributed by atoms with E-state index in [0.717, 1.165) is 17.3 Å². The summed E-state index contributed by atoms with van der Waals surface area (Å²) in [6, 6.07) is 0. The van der Waals surface area contributed by atoms with Crippen LogP contribution in [0, 0.1) is 12.3 Å². The second-order valence-electron chi connectivity index (χ2n) is 2.71. The molecule has 0 heterocycles. The minimum atomic E-state index is -5.36. The van der Waals surface area contributed by atoms with Crippen molar-refractivity contribution in [1.82, 2.24) is 5.32 Å². The molecule has 0 radical (unpaired) electrons. The number of hydrogen-bond acceptors (Lipinski definition) is 3. The maximum atomic E-state index is 12.5. The van der Waals surface area contributed by atoms with Crippen molar-refractivity contribution in [3.63, 3.8) is 0 Å². The van der Waals surface area contributed by atoms with Crippen molar-refractivity contribution in [3.8, 4) is 12.3 Å². The molecule has 17 heavy (non-hydrogen) atoms. The molecule has 0 rings (SSSR count). The smallest absolute Gasteiger partial charge is 0.434 e. The third-order valence-corrected chi connectivity index (χ3v) is 1.58. The summed E-state index contributed by atoms with van der Waals surface area (Å²) < 4.78 is 41.7. The summed E-state index contributed by atoms with van der Waals surface area (Å²) in [7, 11) is 0.